The second-order valence-electron chi connectivity index (χ2n) is 6.63. The molecule has 2 rings (SSSR count). The fourth-order valence-electron chi connectivity index (χ4n) is 2.70. The fourth-order valence-corrected chi connectivity index (χ4v) is 3.86. The highest BCUT2D eigenvalue weighted by molar-refractivity contribution is 7.95. The number of nitrogens with zero attached hydrogens (tertiary/aromatic N) is 1. The van der Waals surface area contributed by atoms with E-state index in [0.29, 0.717) is 30.3 Å². The van der Waals surface area contributed by atoms with Gasteiger partial charge in [0.15, 0.2) is 11.5 Å². The van der Waals surface area contributed by atoms with Crippen LogP contribution in [0.15, 0.2) is 52.3 Å². The maximum atomic E-state index is 12.8. The van der Waals surface area contributed by atoms with Crippen molar-refractivity contribution < 1.29 is 17.9 Å². The molecule has 29 heavy (non-hydrogen) atoms. The number of aryl methyl sites for hydroxylation is 1. The Morgan fingerprint density at radius 2 is 1.76 bits per heavy atom. The van der Waals surface area contributed by atoms with Crippen molar-refractivity contribution in [3.63, 3.8) is 0 Å². The molecule has 0 bridgehead atoms. The molecule has 0 aromatic heterocycles. The minimum Gasteiger partial charge on any atom is -0.490 e. The normalized spacial score (nSPS) is 11.7. The summed E-state index contributed by atoms with van der Waals surface area (Å²) in [4.78, 5) is -0.225. The van der Waals surface area contributed by atoms with E-state index in [-0.39, 0.29) is 9.80 Å². The van der Waals surface area contributed by atoms with E-state index in [0.717, 1.165) is 24.8 Å². The van der Waals surface area contributed by atoms with Crippen LogP contribution >= 0.6 is 0 Å². The van der Waals surface area contributed by atoms with Gasteiger partial charge in [0.2, 0.25) is 9.84 Å². The molecule has 5 nitrogen and oxygen atoms in total. The maximum Gasteiger partial charge on any atom is 0.216 e. The minimum atomic E-state index is -3.89. The Morgan fingerprint density at radius 1 is 1.03 bits per heavy atom. The number of ether oxygens (including phenoxy) is 2. The number of unbranched alkanes of at least 4 members (excludes halogenated alkanes) is 2. The van der Waals surface area contributed by atoms with Crippen molar-refractivity contribution in [2.45, 2.75) is 44.9 Å². The number of allylic oxidation sites excluding steroid dienone is 1. The highest BCUT2D eigenvalue weighted by atomic mass is 32.2. The second kappa shape index (κ2) is 10.7. The Balaban J connectivity index is 2.33. The van der Waals surface area contributed by atoms with Crippen LogP contribution < -0.4 is 9.47 Å². The van der Waals surface area contributed by atoms with Crippen LogP contribution in [0.3, 0.4) is 0 Å². The van der Waals surface area contributed by atoms with Crippen LogP contribution in [-0.2, 0) is 9.84 Å². The summed E-state index contributed by atoms with van der Waals surface area (Å²) >= 11 is 0. The lowest BCUT2D eigenvalue weighted by molar-refractivity contribution is 0.271. The summed E-state index contributed by atoms with van der Waals surface area (Å²) < 4.78 is 37.1. The Bertz CT molecular complexity index is 987. The van der Waals surface area contributed by atoms with Gasteiger partial charge >= 0.3 is 0 Å². The predicted molar refractivity (Wildman–Crippen MR) is 115 cm³/mol. The van der Waals surface area contributed by atoms with Gasteiger partial charge in [-0.05, 0) is 56.2 Å². The van der Waals surface area contributed by atoms with Gasteiger partial charge in [0.25, 0.3) is 0 Å². The van der Waals surface area contributed by atoms with E-state index in [1.54, 1.807) is 30.3 Å². The van der Waals surface area contributed by atoms with E-state index in [1.807, 2.05) is 19.9 Å². The van der Waals surface area contributed by atoms with E-state index in [2.05, 4.69) is 6.92 Å². The van der Waals surface area contributed by atoms with Crippen LogP contribution in [0, 0.1) is 18.3 Å². The third-order valence-corrected chi connectivity index (χ3v) is 5.98. The highest BCUT2D eigenvalue weighted by Gasteiger charge is 2.21. The van der Waals surface area contributed by atoms with Gasteiger partial charge in [-0.1, -0.05) is 43.5 Å². The molecule has 0 heterocycles. The smallest absolute Gasteiger partial charge is 0.216 e. The molecule has 6 heteroatoms. The molecule has 0 saturated carbocycles. The lowest BCUT2D eigenvalue weighted by atomic mass is 10.2. The first-order valence-electron chi connectivity index (χ1n) is 9.75. The second-order valence-corrected chi connectivity index (χ2v) is 8.55. The Kier molecular flexibility index (Phi) is 8.29. The SMILES string of the molecule is CCCCCOc1ccc(C=C(C#N)S(=O)(=O)c2ccc(C)cc2)cc1OCC. The van der Waals surface area contributed by atoms with Gasteiger partial charge in [-0.25, -0.2) is 8.42 Å². The lowest BCUT2D eigenvalue weighted by Gasteiger charge is -2.12. The van der Waals surface area contributed by atoms with Crippen molar-refractivity contribution >= 4 is 15.9 Å². The summed E-state index contributed by atoms with van der Waals surface area (Å²) in [6.45, 7) is 6.91. The largest absolute Gasteiger partial charge is 0.490 e. The number of hydrogen-bond donors (Lipinski definition) is 0. The van der Waals surface area contributed by atoms with Gasteiger partial charge in [0, 0.05) is 0 Å². The first kappa shape index (κ1) is 22.5. The number of sulfone groups is 1. The van der Waals surface area contributed by atoms with Gasteiger partial charge in [-0.3, -0.25) is 0 Å². The quantitative estimate of drug-likeness (QED) is 0.390. The van der Waals surface area contributed by atoms with Crippen LogP contribution in [0.5, 0.6) is 11.5 Å². The molecule has 154 valence electrons. The van der Waals surface area contributed by atoms with E-state index in [1.165, 1.54) is 18.2 Å². The van der Waals surface area contributed by atoms with Crippen molar-refractivity contribution in [1.29, 1.82) is 5.26 Å². The van der Waals surface area contributed by atoms with Gasteiger partial charge < -0.3 is 9.47 Å². The molecule has 0 atom stereocenters. The third kappa shape index (κ3) is 6.10. The summed E-state index contributed by atoms with van der Waals surface area (Å²) in [7, 11) is -3.89. The number of nitriles is 1. The summed E-state index contributed by atoms with van der Waals surface area (Å²) in [5.74, 6) is 1.14. The first-order chi connectivity index (χ1) is 13.9. The van der Waals surface area contributed by atoms with Crippen molar-refractivity contribution in [2.75, 3.05) is 13.2 Å². The molecule has 0 N–H and O–H groups in total. The van der Waals surface area contributed by atoms with Crippen LogP contribution in [0.25, 0.3) is 6.08 Å². The highest BCUT2D eigenvalue weighted by Crippen LogP contribution is 2.30. The molecular formula is C23H27NO4S. The molecule has 0 amide bonds. The average molecular weight is 414 g/mol. The summed E-state index contributed by atoms with van der Waals surface area (Å²) in [5, 5.41) is 9.48. The average Bonchev–Trinajstić information content (AvgIpc) is 2.71. The Labute approximate surface area is 173 Å². The zero-order valence-electron chi connectivity index (χ0n) is 17.1. The molecule has 2 aromatic rings. The molecule has 2 aromatic carbocycles. The van der Waals surface area contributed by atoms with Gasteiger partial charge in [-0.15, -0.1) is 0 Å². The van der Waals surface area contributed by atoms with E-state index in [9.17, 15) is 13.7 Å². The van der Waals surface area contributed by atoms with Crippen LogP contribution in [0.1, 0.15) is 44.2 Å². The van der Waals surface area contributed by atoms with Crippen molar-refractivity contribution in [2.24, 2.45) is 0 Å². The molecule has 0 aliphatic carbocycles. The van der Waals surface area contributed by atoms with Crippen LogP contribution in [0.2, 0.25) is 0 Å². The molecule has 0 spiro atoms. The number of hydrogen-bond acceptors (Lipinski definition) is 5. The number of benzene rings is 2. The van der Waals surface area contributed by atoms with E-state index >= 15 is 0 Å². The Hall–Kier alpha value is -2.78. The van der Waals surface area contributed by atoms with E-state index < -0.39 is 9.84 Å². The molecule has 0 aliphatic rings. The van der Waals surface area contributed by atoms with Crippen LogP contribution in [0.4, 0.5) is 0 Å². The predicted octanol–water partition coefficient (Wildman–Crippen LogP) is 5.30. The molecule has 0 saturated heterocycles. The molecular weight excluding hydrogens is 386 g/mol. The van der Waals surface area contributed by atoms with E-state index in [4.69, 9.17) is 9.47 Å². The summed E-state index contributed by atoms with van der Waals surface area (Å²) in [6.07, 6.45) is 4.51. The zero-order chi connectivity index (χ0) is 21.3. The third-order valence-electron chi connectivity index (χ3n) is 4.30. The zero-order valence-corrected chi connectivity index (χ0v) is 18.0. The number of rotatable bonds is 10. The summed E-state index contributed by atoms with van der Waals surface area (Å²) in [5.41, 5.74) is 1.50. The van der Waals surface area contributed by atoms with Crippen molar-refractivity contribution in [3.05, 3.63) is 58.5 Å². The van der Waals surface area contributed by atoms with Crippen molar-refractivity contribution in [1.82, 2.24) is 0 Å². The Morgan fingerprint density at radius 3 is 2.38 bits per heavy atom. The molecule has 0 fully saturated rings. The molecule has 0 aliphatic heterocycles. The van der Waals surface area contributed by atoms with Crippen molar-refractivity contribution in [3.8, 4) is 17.6 Å². The first-order valence-corrected chi connectivity index (χ1v) is 11.2. The summed E-state index contributed by atoms with van der Waals surface area (Å²) in [6, 6.07) is 13.4. The van der Waals surface area contributed by atoms with Gasteiger partial charge in [0.05, 0.1) is 18.1 Å². The maximum absolute atomic E-state index is 12.8. The molecule has 0 unspecified atom stereocenters. The minimum absolute atomic E-state index is 0.0943. The fraction of sp³-hybridized carbons (Fsp3) is 0.348. The lowest BCUT2D eigenvalue weighted by Crippen LogP contribution is -2.04. The standard InChI is InChI=1S/C23H27NO4S/c1-4-6-7-14-28-22-13-10-19(16-23(22)27-5-2)15-21(17-24)29(25,26)20-11-8-18(3)9-12-20/h8-13,15-16H,4-7,14H2,1-3H3. The van der Waals surface area contributed by atoms with Gasteiger partial charge in [-0.2, -0.15) is 5.26 Å². The molecule has 0 radical (unpaired) electrons. The topological polar surface area (TPSA) is 76.4 Å². The van der Waals surface area contributed by atoms with Crippen LogP contribution in [-0.4, -0.2) is 21.6 Å². The van der Waals surface area contributed by atoms with Gasteiger partial charge in [0.1, 0.15) is 11.0 Å². The monoisotopic (exact) mass is 413 g/mol.